The van der Waals surface area contributed by atoms with E-state index >= 15 is 0 Å². The fourth-order valence-electron chi connectivity index (χ4n) is 1.69. The van der Waals surface area contributed by atoms with Gasteiger partial charge in [-0.15, -0.1) is 0 Å². The van der Waals surface area contributed by atoms with Crippen LogP contribution in [0.5, 0.6) is 0 Å². The molecule has 1 saturated carbocycles. The van der Waals surface area contributed by atoms with Crippen molar-refractivity contribution in [2.75, 3.05) is 18.1 Å². The summed E-state index contributed by atoms with van der Waals surface area (Å²) in [5.41, 5.74) is 1.29. The monoisotopic (exact) mass is 239 g/mol. The first-order valence-electron chi connectivity index (χ1n) is 6.19. The zero-order valence-corrected chi connectivity index (χ0v) is 10.8. The quantitative estimate of drug-likeness (QED) is 0.705. The summed E-state index contributed by atoms with van der Waals surface area (Å²) in [6, 6.07) is 2.09. The van der Waals surface area contributed by atoms with Crippen LogP contribution in [0.2, 0.25) is 0 Å². The summed E-state index contributed by atoms with van der Waals surface area (Å²) in [5, 5.41) is 7.73. The van der Waals surface area contributed by atoms with E-state index in [1.165, 1.54) is 30.0 Å². The number of aromatic nitrogens is 2. The van der Waals surface area contributed by atoms with Gasteiger partial charge < -0.3 is 5.32 Å². The molecule has 1 aromatic heterocycles. The number of aryl methyl sites for hydroxylation is 1. The van der Waals surface area contributed by atoms with Gasteiger partial charge in [0.1, 0.15) is 0 Å². The molecule has 1 heterocycles. The Balaban J connectivity index is 1.53. The lowest BCUT2D eigenvalue weighted by Crippen LogP contribution is -2.19. The van der Waals surface area contributed by atoms with E-state index in [1.807, 2.05) is 10.9 Å². The second-order valence-electron chi connectivity index (χ2n) is 4.33. The SMILES string of the molecule is CCn1nccc1CNCCSCC1CC1. The number of hydrogen-bond donors (Lipinski definition) is 1. The number of nitrogens with zero attached hydrogens (tertiary/aromatic N) is 2. The normalized spacial score (nSPS) is 15.6. The fourth-order valence-corrected chi connectivity index (χ4v) is 2.81. The summed E-state index contributed by atoms with van der Waals surface area (Å²) in [7, 11) is 0. The molecule has 90 valence electrons. The maximum Gasteiger partial charge on any atom is 0.0521 e. The van der Waals surface area contributed by atoms with Crippen LogP contribution in [0.25, 0.3) is 0 Å². The Hall–Kier alpha value is -0.480. The molecule has 1 aromatic rings. The molecule has 0 radical (unpaired) electrons. The van der Waals surface area contributed by atoms with Gasteiger partial charge >= 0.3 is 0 Å². The second-order valence-corrected chi connectivity index (χ2v) is 5.48. The molecule has 1 aliphatic rings. The molecule has 2 rings (SSSR count). The van der Waals surface area contributed by atoms with E-state index in [-0.39, 0.29) is 0 Å². The number of hydrogen-bond acceptors (Lipinski definition) is 3. The molecule has 1 N–H and O–H groups in total. The summed E-state index contributed by atoms with van der Waals surface area (Å²) in [4.78, 5) is 0. The van der Waals surface area contributed by atoms with Gasteiger partial charge in [-0.2, -0.15) is 16.9 Å². The van der Waals surface area contributed by atoms with Crippen LogP contribution in [0.3, 0.4) is 0 Å². The van der Waals surface area contributed by atoms with E-state index in [0.29, 0.717) is 0 Å². The largest absolute Gasteiger partial charge is 0.310 e. The predicted molar refractivity (Wildman–Crippen MR) is 69.7 cm³/mol. The Morgan fingerprint density at radius 1 is 1.56 bits per heavy atom. The first-order valence-corrected chi connectivity index (χ1v) is 7.34. The van der Waals surface area contributed by atoms with E-state index in [1.54, 1.807) is 0 Å². The third kappa shape index (κ3) is 3.83. The molecule has 3 nitrogen and oxygen atoms in total. The van der Waals surface area contributed by atoms with Gasteiger partial charge in [-0.1, -0.05) is 0 Å². The van der Waals surface area contributed by atoms with Gasteiger partial charge in [-0.05, 0) is 37.5 Å². The Labute approximate surface area is 102 Å². The molecule has 4 heteroatoms. The third-order valence-electron chi connectivity index (χ3n) is 2.88. The van der Waals surface area contributed by atoms with Gasteiger partial charge in [-0.25, -0.2) is 0 Å². The highest BCUT2D eigenvalue weighted by Gasteiger charge is 2.20. The average molecular weight is 239 g/mol. The molecule has 0 unspecified atom stereocenters. The Kier molecular flexibility index (Phi) is 4.72. The van der Waals surface area contributed by atoms with Gasteiger partial charge in [0, 0.05) is 31.6 Å². The molecule has 0 saturated heterocycles. The number of thioether (sulfide) groups is 1. The van der Waals surface area contributed by atoms with E-state index in [2.05, 4.69) is 35.2 Å². The van der Waals surface area contributed by atoms with Crippen LogP contribution in [0.1, 0.15) is 25.5 Å². The van der Waals surface area contributed by atoms with Crippen molar-refractivity contribution in [2.24, 2.45) is 5.92 Å². The van der Waals surface area contributed by atoms with Crippen LogP contribution in [-0.4, -0.2) is 27.8 Å². The van der Waals surface area contributed by atoms with Crippen LogP contribution in [0, 0.1) is 5.92 Å². The smallest absolute Gasteiger partial charge is 0.0521 e. The maximum absolute atomic E-state index is 4.25. The lowest BCUT2D eigenvalue weighted by Gasteiger charge is -2.06. The van der Waals surface area contributed by atoms with Crippen molar-refractivity contribution in [1.82, 2.24) is 15.1 Å². The van der Waals surface area contributed by atoms with Crippen LogP contribution in [0.4, 0.5) is 0 Å². The summed E-state index contributed by atoms with van der Waals surface area (Å²) in [6.07, 6.45) is 4.81. The standard InChI is InChI=1S/C12H21N3S/c1-2-15-12(5-6-14-15)9-13-7-8-16-10-11-3-4-11/h5-6,11,13H,2-4,7-10H2,1H3. The van der Waals surface area contributed by atoms with Crippen molar-refractivity contribution >= 4 is 11.8 Å². The summed E-state index contributed by atoms with van der Waals surface area (Å²) in [5.74, 6) is 3.65. The van der Waals surface area contributed by atoms with Gasteiger partial charge in [0.2, 0.25) is 0 Å². The zero-order valence-electron chi connectivity index (χ0n) is 9.98. The Morgan fingerprint density at radius 2 is 2.44 bits per heavy atom. The average Bonchev–Trinajstić information content (AvgIpc) is 3.01. The highest BCUT2D eigenvalue weighted by atomic mass is 32.2. The van der Waals surface area contributed by atoms with Crippen LogP contribution >= 0.6 is 11.8 Å². The molecule has 0 aliphatic heterocycles. The number of rotatable bonds is 8. The summed E-state index contributed by atoms with van der Waals surface area (Å²) in [6.45, 7) is 5.13. The maximum atomic E-state index is 4.25. The van der Waals surface area contributed by atoms with E-state index < -0.39 is 0 Å². The van der Waals surface area contributed by atoms with Gasteiger partial charge in [-0.3, -0.25) is 4.68 Å². The first-order chi connectivity index (χ1) is 7.90. The lowest BCUT2D eigenvalue weighted by molar-refractivity contribution is 0.591. The van der Waals surface area contributed by atoms with E-state index in [4.69, 9.17) is 0 Å². The van der Waals surface area contributed by atoms with E-state index in [9.17, 15) is 0 Å². The predicted octanol–water partition coefficient (Wildman–Crippen LogP) is 2.14. The molecule has 0 bridgehead atoms. The fraction of sp³-hybridized carbons (Fsp3) is 0.750. The van der Waals surface area contributed by atoms with Crippen LogP contribution < -0.4 is 5.32 Å². The van der Waals surface area contributed by atoms with Crippen molar-refractivity contribution in [3.05, 3.63) is 18.0 Å². The minimum Gasteiger partial charge on any atom is -0.310 e. The van der Waals surface area contributed by atoms with Gasteiger partial charge in [0.25, 0.3) is 0 Å². The van der Waals surface area contributed by atoms with E-state index in [0.717, 1.165) is 25.6 Å². The first kappa shape index (κ1) is 12.0. The summed E-state index contributed by atoms with van der Waals surface area (Å²) < 4.78 is 2.05. The Bertz CT molecular complexity index is 307. The molecular weight excluding hydrogens is 218 g/mol. The van der Waals surface area contributed by atoms with Crippen molar-refractivity contribution < 1.29 is 0 Å². The minimum absolute atomic E-state index is 0.942. The van der Waals surface area contributed by atoms with Crippen LogP contribution in [-0.2, 0) is 13.1 Å². The zero-order chi connectivity index (χ0) is 11.2. The highest BCUT2D eigenvalue weighted by Crippen LogP contribution is 2.32. The van der Waals surface area contributed by atoms with Crippen LogP contribution in [0.15, 0.2) is 12.3 Å². The van der Waals surface area contributed by atoms with Gasteiger partial charge in [0.15, 0.2) is 0 Å². The highest BCUT2D eigenvalue weighted by molar-refractivity contribution is 7.99. The molecule has 1 aliphatic carbocycles. The molecule has 0 amide bonds. The third-order valence-corrected chi connectivity index (χ3v) is 4.08. The summed E-state index contributed by atoms with van der Waals surface area (Å²) >= 11 is 2.09. The molecule has 0 aromatic carbocycles. The molecule has 0 spiro atoms. The minimum atomic E-state index is 0.942. The molecule has 0 atom stereocenters. The second kappa shape index (κ2) is 6.30. The number of nitrogens with one attached hydrogen (secondary N) is 1. The molecule has 1 fully saturated rings. The van der Waals surface area contributed by atoms with Crippen molar-refractivity contribution in [3.8, 4) is 0 Å². The topological polar surface area (TPSA) is 29.9 Å². The van der Waals surface area contributed by atoms with Crippen molar-refractivity contribution in [3.63, 3.8) is 0 Å². The molecular formula is C12H21N3S. The Morgan fingerprint density at radius 3 is 3.19 bits per heavy atom. The van der Waals surface area contributed by atoms with Crippen molar-refractivity contribution in [1.29, 1.82) is 0 Å². The van der Waals surface area contributed by atoms with Crippen molar-refractivity contribution in [2.45, 2.75) is 32.9 Å². The van der Waals surface area contributed by atoms with Gasteiger partial charge in [0.05, 0.1) is 5.69 Å². The molecule has 16 heavy (non-hydrogen) atoms. The lowest BCUT2D eigenvalue weighted by atomic mass is 10.4.